The molecule has 0 aliphatic rings. The maximum atomic E-state index is 4.54. The van der Waals surface area contributed by atoms with Crippen LogP contribution in [0, 0.1) is 0 Å². The third-order valence-electron chi connectivity index (χ3n) is 1.42. The molecule has 0 heterocycles. The number of hydrogen-bond donors (Lipinski definition) is 1. The van der Waals surface area contributed by atoms with E-state index in [1.54, 1.807) is 0 Å². The van der Waals surface area contributed by atoms with E-state index in [0.29, 0.717) is 6.61 Å². The highest BCUT2D eigenvalue weighted by Crippen LogP contribution is 2.02. The summed E-state index contributed by atoms with van der Waals surface area (Å²) in [5.74, 6) is 4.54. The summed E-state index contributed by atoms with van der Waals surface area (Å²) in [6, 6.07) is 0. The van der Waals surface area contributed by atoms with Gasteiger partial charge in [0, 0.05) is 0 Å². The Morgan fingerprint density at radius 3 is 2.45 bits per heavy atom. The molecule has 0 fully saturated rings. The van der Waals surface area contributed by atoms with Gasteiger partial charge in [-0.25, -0.2) is 4.89 Å². The summed E-state index contributed by atoms with van der Waals surface area (Å²) in [5, 5.41) is 4.02. The van der Waals surface area contributed by atoms with Gasteiger partial charge >= 0.3 is 0 Å². The van der Waals surface area contributed by atoms with Crippen molar-refractivity contribution in [2.45, 2.75) is 39.0 Å². The van der Waals surface area contributed by atoms with Crippen LogP contribution < -0.4 is 5.90 Å². The summed E-state index contributed by atoms with van der Waals surface area (Å²) in [6.07, 6.45) is 5.95. The molecule has 0 atom stereocenters. The zero-order valence-electron chi connectivity index (χ0n) is 7.04. The van der Waals surface area contributed by atoms with Crippen LogP contribution in [-0.2, 0) is 14.9 Å². The molecule has 0 radical (unpaired) electrons. The molecule has 0 saturated carbocycles. The largest absolute Gasteiger partial charge is 0.205 e. The van der Waals surface area contributed by atoms with Crippen molar-refractivity contribution in [3.8, 4) is 0 Å². The van der Waals surface area contributed by atoms with Crippen LogP contribution in [0.1, 0.15) is 39.0 Å². The van der Waals surface area contributed by atoms with E-state index >= 15 is 0 Å². The Kier molecular flexibility index (Phi) is 9.70. The quantitative estimate of drug-likeness (QED) is 0.336. The van der Waals surface area contributed by atoms with E-state index in [2.05, 4.69) is 27.7 Å². The third-order valence-corrected chi connectivity index (χ3v) is 1.42. The van der Waals surface area contributed by atoms with Gasteiger partial charge in [-0.2, -0.15) is 5.90 Å². The molecule has 0 rings (SSSR count). The maximum absolute atomic E-state index is 4.54. The minimum atomic E-state index is 0.543. The Bertz CT molecular complexity index is 62.7. The first kappa shape index (κ1) is 10.8. The Labute approximate surface area is 67.4 Å². The Morgan fingerprint density at radius 2 is 1.82 bits per heavy atom. The van der Waals surface area contributed by atoms with Crippen LogP contribution in [0.2, 0.25) is 0 Å². The van der Waals surface area contributed by atoms with Gasteiger partial charge in [0.15, 0.2) is 0 Å². The summed E-state index contributed by atoms with van der Waals surface area (Å²) in [4.78, 5) is 8.26. The zero-order chi connectivity index (χ0) is 8.36. The molecule has 0 aromatic rings. The predicted octanol–water partition coefficient (Wildman–Crippen LogP) is 1.71. The topological polar surface area (TPSA) is 53.7 Å². The van der Waals surface area contributed by atoms with Crippen molar-refractivity contribution in [2.75, 3.05) is 6.61 Å². The molecule has 4 heteroatoms. The monoisotopic (exact) mass is 163 g/mol. The first-order valence-electron chi connectivity index (χ1n) is 4.06. The molecule has 4 nitrogen and oxygen atoms in total. The van der Waals surface area contributed by atoms with Gasteiger partial charge in [-0.15, -0.1) is 4.99 Å². The smallest absolute Gasteiger partial charge is 0.0854 e. The normalized spacial score (nSPS) is 10.4. The van der Waals surface area contributed by atoms with Gasteiger partial charge in [-0.1, -0.05) is 32.6 Å². The molecule has 0 aliphatic heterocycles. The first-order valence-corrected chi connectivity index (χ1v) is 4.06. The van der Waals surface area contributed by atoms with Crippen molar-refractivity contribution in [2.24, 2.45) is 5.90 Å². The fourth-order valence-electron chi connectivity index (χ4n) is 0.826. The first-order chi connectivity index (χ1) is 5.41. The van der Waals surface area contributed by atoms with Crippen molar-refractivity contribution < 1.29 is 14.9 Å². The van der Waals surface area contributed by atoms with E-state index in [-0.39, 0.29) is 0 Å². The standard InChI is InChI=1S/C7H17NO3/c1-2-3-4-5-6-7-9-11-10-8/h2-8H2,1H3. The molecule has 0 bridgehead atoms. The van der Waals surface area contributed by atoms with Crippen LogP contribution in [0.5, 0.6) is 0 Å². The van der Waals surface area contributed by atoms with Gasteiger partial charge in [-0.3, -0.25) is 0 Å². The van der Waals surface area contributed by atoms with E-state index < -0.39 is 0 Å². The number of hydrogen-bond acceptors (Lipinski definition) is 4. The molecule has 68 valence electrons. The highest BCUT2D eigenvalue weighted by atomic mass is 17.5. The van der Waals surface area contributed by atoms with Crippen LogP contribution in [-0.4, -0.2) is 6.61 Å². The van der Waals surface area contributed by atoms with Crippen LogP contribution in [0.15, 0.2) is 0 Å². The van der Waals surface area contributed by atoms with Crippen molar-refractivity contribution in [1.82, 2.24) is 0 Å². The van der Waals surface area contributed by atoms with E-state index in [1.165, 1.54) is 25.7 Å². The Balaban J connectivity index is 2.69. The lowest BCUT2D eigenvalue weighted by molar-refractivity contribution is -0.516. The number of rotatable bonds is 8. The van der Waals surface area contributed by atoms with Crippen LogP contribution >= 0.6 is 0 Å². The van der Waals surface area contributed by atoms with E-state index in [1.807, 2.05) is 0 Å². The van der Waals surface area contributed by atoms with Crippen LogP contribution in [0.25, 0.3) is 0 Å². The second-order valence-corrected chi connectivity index (χ2v) is 2.40. The molecule has 11 heavy (non-hydrogen) atoms. The highest BCUT2D eigenvalue weighted by Gasteiger charge is 1.89. The molecular weight excluding hydrogens is 146 g/mol. The Hall–Kier alpha value is -0.160. The van der Waals surface area contributed by atoms with Crippen molar-refractivity contribution in [3.63, 3.8) is 0 Å². The zero-order valence-corrected chi connectivity index (χ0v) is 7.04. The number of nitrogens with two attached hydrogens (primary N) is 1. The minimum absolute atomic E-state index is 0.543. The summed E-state index contributed by atoms with van der Waals surface area (Å²) >= 11 is 0. The fraction of sp³-hybridized carbons (Fsp3) is 1.00. The molecule has 0 aromatic heterocycles. The second kappa shape index (κ2) is 9.84. The molecule has 0 aliphatic carbocycles. The van der Waals surface area contributed by atoms with Crippen LogP contribution in [0.4, 0.5) is 0 Å². The van der Waals surface area contributed by atoms with Gasteiger partial charge in [-0.05, 0) is 11.5 Å². The minimum Gasteiger partial charge on any atom is -0.205 e. The van der Waals surface area contributed by atoms with Gasteiger partial charge in [0.2, 0.25) is 0 Å². The second-order valence-electron chi connectivity index (χ2n) is 2.40. The van der Waals surface area contributed by atoms with E-state index in [0.717, 1.165) is 6.42 Å². The summed E-state index contributed by atoms with van der Waals surface area (Å²) in [6.45, 7) is 2.72. The molecule has 0 aromatic carbocycles. The summed E-state index contributed by atoms with van der Waals surface area (Å²) in [5.41, 5.74) is 0. The SMILES string of the molecule is CCCCCCCOOON. The lowest BCUT2D eigenvalue weighted by atomic mass is 10.2. The number of unbranched alkanes of at least 4 members (excludes halogenated alkanes) is 4. The predicted molar refractivity (Wildman–Crippen MR) is 41.1 cm³/mol. The van der Waals surface area contributed by atoms with Gasteiger partial charge in [0.05, 0.1) is 6.61 Å². The third kappa shape index (κ3) is 9.84. The molecule has 2 N–H and O–H groups in total. The molecular formula is C7H17NO3. The fourth-order valence-corrected chi connectivity index (χ4v) is 0.826. The van der Waals surface area contributed by atoms with Crippen LogP contribution in [0.3, 0.4) is 0 Å². The summed E-state index contributed by atoms with van der Waals surface area (Å²) in [7, 11) is 0. The van der Waals surface area contributed by atoms with Crippen molar-refractivity contribution in [1.29, 1.82) is 0 Å². The lowest BCUT2D eigenvalue weighted by Gasteiger charge is -1.99. The van der Waals surface area contributed by atoms with Crippen molar-refractivity contribution in [3.05, 3.63) is 0 Å². The van der Waals surface area contributed by atoms with Crippen molar-refractivity contribution >= 4 is 0 Å². The average molecular weight is 163 g/mol. The summed E-state index contributed by atoms with van der Waals surface area (Å²) < 4.78 is 0. The molecule has 0 unspecified atom stereocenters. The molecule has 0 saturated heterocycles. The average Bonchev–Trinajstić information content (AvgIpc) is 2.03. The van der Waals surface area contributed by atoms with Gasteiger partial charge in [0.1, 0.15) is 0 Å². The van der Waals surface area contributed by atoms with Gasteiger partial charge < -0.3 is 0 Å². The van der Waals surface area contributed by atoms with E-state index in [4.69, 9.17) is 0 Å². The Morgan fingerprint density at radius 1 is 1.09 bits per heavy atom. The van der Waals surface area contributed by atoms with E-state index in [9.17, 15) is 0 Å². The van der Waals surface area contributed by atoms with Gasteiger partial charge in [0.25, 0.3) is 0 Å². The highest BCUT2D eigenvalue weighted by molar-refractivity contribution is 4.39. The molecule has 0 spiro atoms. The molecule has 0 amide bonds. The maximum Gasteiger partial charge on any atom is 0.0854 e. The lowest BCUT2D eigenvalue weighted by Crippen LogP contribution is -2.02.